The van der Waals surface area contributed by atoms with Crippen molar-refractivity contribution in [2.45, 2.75) is 19.8 Å². The molecule has 6 heteroatoms. The largest absolute Gasteiger partial charge is 0.393 e. The molecule has 0 amide bonds. The molecule has 0 unspecified atom stereocenters. The third-order valence-electron chi connectivity index (χ3n) is 3.16. The number of aromatic nitrogens is 2. The van der Waals surface area contributed by atoms with Gasteiger partial charge in [-0.05, 0) is 24.6 Å². The van der Waals surface area contributed by atoms with E-state index in [1.54, 1.807) is 0 Å². The Kier molecular flexibility index (Phi) is 5.38. The maximum absolute atomic E-state index is 6.20. The molecule has 0 bridgehead atoms. The average molecular weight is 350 g/mol. The highest BCUT2D eigenvalue weighted by Gasteiger charge is 2.12. The van der Waals surface area contributed by atoms with Gasteiger partial charge in [0.15, 0.2) is 11.6 Å². The summed E-state index contributed by atoms with van der Waals surface area (Å²) >= 11 is 3.45. The quantitative estimate of drug-likeness (QED) is 0.829. The summed E-state index contributed by atoms with van der Waals surface area (Å²) in [5.41, 5.74) is 7.69. The van der Waals surface area contributed by atoms with E-state index in [0.717, 1.165) is 35.4 Å². The van der Waals surface area contributed by atoms with Crippen molar-refractivity contribution in [3.8, 4) is 0 Å². The topological polar surface area (TPSA) is 67.1 Å². The monoisotopic (exact) mass is 349 g/mol. The van der Waals surface area contributed by atoms with Crippen molar-refractivity contribution in [1.29, 1.82) is 0 Å². The number of benzene rings is 1. The number of nitrogen functional groups attached to an aromatic ring is 1. The Morgan fingerprint density at radius 3 is 2.86 bits per heavy atom. The Balaban J connectivity index is 2.21. The molecule has 0 aliphatic heterocycles. The van der Waals surface area contributed by atoms with Gasteiger partial charge in [-0.3, -0.25) is 0 Å². The van der Waals surface area contributed by atoms with Crippen LogP contribution in [0.15, 0.2) is 35.1 Å². The number of nitrogens with one attached hydrogen (secondary N) is 1. The molecular weight excluding hydrogens is 330 g/mol. The highest BCUT2D eigenvalue weighted by molar-refractivity contribution is 9.10. The number of hydrogen-bond donors (Lipinski definition) is 2. The number of anilines is 4. The second-order valence-electron chi connectivity index (χ2n) is 4.87. The first-order chi connectivity index (χ1) is 10.1. The Morgan fingerprint density at radius 1 is 1.33 bits per heavy atom. The molecule has 2 aromatic rings. The van der Waals surface area contributed by atoms with Gasteiger partial charge in [-0.15, -0.1) is 0 Å². The Bertz CT molecular complexity index is 602. The zero-order valence-electron chi connectivity index (χ0n) is 12.3. The van der Waals surface area contributed by atoms with Crippen LogP contribution in [-0.2, 0) is 0 Å². The summed E-state index contributed by atoms with van der Waals surface area (Å²) in [4.78, 5) is 10.6. The van der Waals surface area contributed by atoms with Crippen LogP contribution in [-0.4, -0.2) is 23.6 Å². The van der Waals surface area contributed by atoms with Crippen LogP contribution in [0.25, 0.3) is 0 Å². The normalized spacial score (nSPS) is 10.4. The second kappa shape index (κ2) is 7.26. The fourth-order valence-corrected chi connectivity index (χ4v) is 2.39. The van der Waals surface area contributed by atoms with E-state index in [1.807, 2.05) is 31.3 Å². The standard InChI is InChI=1S/C15H20BrN5/c1-3-4-8-21(2)15-13(17)14(18-10-19-15)20-12-7-5-6-11(16)9-12/h5-7,9-10H,3-4,8,17H2,1-2H3,(H,18,19,20). The summed E-state index contributed by atoms with van der Waals surface area (Å²) in [7, 11) is 2.00. The van der Waals surface area contributed by atoms with Crippen LogP contribution in [0.2, 0.25) is 0 Å². The van der Waals surface area contributed by atoms with Crippen LogP contribution in [0.3, 0.4) is 0 Å². The Morgan fingerprint density at radius 2 is 2.14 bits per heavy atom. The van der Waals surface area contributed by atoms with Crippen LogP contribution in [0.4, 0.5) is 23.0 Å². The van der Waals surface area contributed by atoms with E-state index in [0.29, 0.717) is 11.5 Å². The van der Waals surface area contributed by atoms with Gasteiger partial charge in [-0.25, -0.2) is 9.97 Å². The molecule has 21 heavy (non-hydrogen) atoms. The molecule has 1 heterocycles. The number of hydrogen-bond acceptors (Lipinski definition) is 5. The maximum Gasteiger partial charge on any atom is 0.159 e. The first kappa shape index (κ1) is 15.6. The van der Waals surface area contributed by atoms with Gasteiger partial charge in [0.25, 0.3) is 0 Å². The third-order valence-corrected chi connectivity index (χ3v) is 3.65. The predicted molar refractivity (Wildman–Crippen MR) is 92.0 cm³/mol. The summed E-state index contributed by atoms with van der Waals surface area (Å²) < 4.78 is 1.00. The number of rotatable bonds is 6. The Labute approximate surface area is 133 Å². The highest BCUT2D eigenvalue weighted by Crippen LogP contribution is 2.28. The lowest BCUT2D eigenvalue weighted by Crippen LogP contribution is -2.21. The predicted octanol–water partition coefficient (Wildman–Crippen LogP) is 3.80. The summed E-state index contributed by atoms with van der Waals surface area (Å²) in [6.45, 7) is 3.09. The summed E-state index contributed by atoms with van der Waals surface area (Å²) in [5.74, 6) is 1.39. The summed E-state index contributed by atoms with van der Waals surface area (Å²) in [6, 6.07) is 7.87. The fourth-order valence-electron chi connectivity index (χ4n) is 1.99. The minimum atomic E-state index is 0.566. The molecule has 0 fully saturated rings. The van der Waals surface area contributed by atoms with Gasteiger partial charge in [0, 0.05) is 23.8 Å². The number of unbranched alkanes of at least 4 members (excludes halogenated alkanes) is 1. The van der Waals surface area contributed by atoms with E-state index in [1.165, 1.54) is 6.33 Å². The molecule has 0 atom stereocenters. The van der Waals surface area contributed by atoms with E-state index in [4.69, 9.17) is 5.73 Å². The first-order valence-corrected chi connectivity index (χ1v) is 7.75. The van der Waals surface area contributed by atoms with Gasteiger partial charge in [0.05, 0.1) is 0 Å². The van der Waals surface area contributed by atoms with Crippen molar-refractivity contribution in [2.75, 3.05) is 29.5 Å². The molecule has 2 rings (SSSR count). The Hall–Kier alpha value is -1.82. The van der Waals surface area contributed by atoms with E-state index in [9.17, 15) is 0 Å². The molecular formula is C15H20BrN5. The van der Waals surface area contributed by atoms with Gasteiger partial charge < -0.3 is 16.0 Å². The second-order valence-corrected chi connectivity index (χ2v) is 5.79. The first-order valence-electron chi connectivity index (χ1n) is 6.96. The highest BCUT2D eigenvalue weighted by atomic mass is 79.9. The lowest BCUT2D eigenvalue weighted by molar-refractivity contribution is 0.759. The zero-order chi connectivity index (χ0) is 15.2. The minimum absolute atomic E-state index is 0.566. The van der Waals surface area contributed by atoms with Crippen LogP contribution in [0.5, 0.6) is 0 Å². The molecule has 0 aliphatic carbocycles. The molecule has 0 saturated heterocycles. The smallest absolute Gasteiger partial charge is 0.159 e. The molecule has 5 nitrogen and oxygen atoms in total. The van der Waals surface area contributed by atoms with E-state index in [2.05, 4.69) is 43.0 Å². The van der Waals surface area contributed by atoms with E-state index >= 15 is 0 Å². The van der Waals surface area contributed by atoms with E-state index < -0.39 is 0 Å². The van der Waals surface area contributed by atoms with Crippen LogP contribution in [0.1, 0.15) is 19.8 Å². The summed E-state index contributed by atoms with van der Waals surface area (Å²) in [5, 5.41) is 3.23. The van der Waals surface area contributed by atoms with Crippen molar-refractivity contribution in [2.24, 2.45) is 0 Å². The molecule has 1 aromatic carbocycles. The number of nitrogens with zero attached hydrogens (tertiary/aromatic N) is 3. The minimum Gasteiger partial charge on any atom is -0.393 e. The molecule has 112 valence electrons. The van der Waals surface area contributed by atoms with Gasteiger partial charge >= 0.3 is 0 Å². The van der Waals surface area contributed by atoms with Crippen molar-refractivity contribution < 1.29 is 0 Å². The molecule has 0 aliphatic rings. The number of nitrogens with two attached hydrogens (primary N) is 1. The lowest BCUT2D eigenvalue weighted by Gasteiger charge is -2.20. The zero-order valence-corrected chi connectivity index (χ0v) is 13.9. The molecule has 3 N–H and O–H groups in total. The van der Waals surface area contributed by atoms with Crippen molar-refractivity contribution in [3.05, 3.63) is 35.1 Å². The van der Waals surface area contributed by atoms with Gasteiger partial charge in [0.1, 0.15) is 12.0 Å². The van der Waals surface area contributed by atoms with Crippen LogP contribution < -0.4 is 16.0 Å². The van der Waals surface area contributed by atoms with Crippen LogP contribution >= 0.6 is 15.9 Å². The molecule has 0 spiro atoms. The summed E-state index contributed by atoms with van der Waals surface area (Å²) in [6.07, 6.45) is 3.78. The molecule has 1 aromatic heterocycles. The molecule has 0 saturated carbocycles. The SMILES string of the molecule is CCCCN(C)c1ncnc(Nc2cccc(Br)c2)c1N. The van der Waals surface area contributed by atoms with Crippen molar-refractivity contribution >= 4 is 38.9 Å². The third kappa shape index (κ3) is 4.07. The van der Waals surface area contributed by atoms with E-state index in [-0.39, 0.29) is 0 Å². The maximum atomic E-state index is 6.20. The van der Waals surface area contributed by atoms with Crippen molar-refractivity contribution in [3.63, 3.8) is 0 Å². The van der Waals surface area contributed by atoms with Gasteiger partial charge in [0.2, 0.25) is 0 Å². The fraction of sp³-hybridized carbons (Fsp3) is 0.333. The van der Waals surface area contributed by atoms with Gasteiger partial charge in [-0.2, -0.15) is 0 Å². The van der Waals surface area contributed by atoms with Gasteiger partial charge in [-0.1, -0.05) is 35.3 Å². The van der Waals surface area contributed by atoms with Crippen molar-refractivity contribution in [1.82, 2.24) is 9.97 Å². The lowest BCUT2D eigenvalue weighted by atomic mass is 10.3. The van der Waals surface area contributed by atoms with Crippen LogP contribution in [0, 0.1) is 0 Å². The number of halogens is 1. The average Bonchev–Trinajstić information content (AvgIpc) is 2.47. The molecule has 0 radical (unpaired) electrons.